The maximum absolute atomic E-state index is 13.0. The van der Waals surface area contributed by atoms with E-state index in [1.54, 1.807) is 12.1 Å². The van der Waals surface area contributed by atoms with E-state index in [9.17, 15) is 18.0 Å². The predicted octanol–water partition coefficient (Wildman–Crippen LogP) is 4.25. The summed E-state index contributed by atoms with van der Waals surface area (Å²) in [5.74, 6) is -0.576. The lowest BCUT2D eigenvalue weighted by atomic mass is 9.92. The Morgan fingerprint density at radius 1 is 1.00 bits per heavy atom. The maximum Gasteiger partial charge on any atom is 0.255 e. The van der Waals surface area contributed by atoms with E-state index >= 15 is 0 Å². The van der Waals surface area contributed by atoms with Crippen molar-refractivity contribution in [2.45, 2.75) is 46.0 Å². The highest BCUT2D eigenvalue weighted by Crippen LogP contribution is 2.33. The van der Waals surface area contributed by atoms with Gasteiger partial charge in [0, 0.05) is 17.7 Å². The minimum atomic E-state index is -3.67. The van der Waals surface area contributed by atoms with Crippen molar-refractivity contribution in [3.63, 3.8) is 0 Å². The first kappa shape index (κ1) is 21.0. The summed E-state index contributed by atoms with van der Waals surface area (Å²) < 4.78 is 25.2. The zero-order valence-corrected chi connectivity index (χ0v) is 17.9. The second-order valence-corrected chi connectivity index (χ2v) is 9.79. The molecule has 0 aliphatic carbocycles. The molecule has 1 aliphatic heterocycles. The van der Waals surface area contributed by atoms with Gasteiger partial charge in [0.1, 0.15) is 0 Å². The fraction of sp³-hybridized carbons (Fsp3) is 0.364. The molecule has 1 saturated heterocycles. The molecule has 29 heavy (non-hydrogen) atoms. The summed E-state index contributed by atoms with van der Waals surface area (Å²) in [5.41, 5.74) is 3.36. The highest BCUT2D eigenvalue weighted by molar-refractivity contribution is 7.94. The van der Waals surface area contributed by atoms with Crippen molar-refractivity contribution in [1.82, 2.24) is 0 Å². The molecular weight excluding hydrogens is 388 g/mol. The minimum absolute atomic E-state index is 0.0434. The zero-order valence-electron chi connectivity index (χ0n) is 17.1. The van der Waals surface area contributed by atoms with Crippen LogP contribution in [0.25, 0.3) is 0 Å². The zero-order chi connectivity index (χ0) is 21.3. The molecule has 0 unspecified atom stereocenters. The normalized spacial score (nSPS) is 15.9. The van der Waals surface area contributed by atoms with E-state index in [0.29, 0.717) is 5.56 Å². The highest BCUT2D eigenvalue weighted by atomic mass is 32.2. The number of carbonyl (C=O) groups excluding carboxylic acids is 2. The molecule has 6 nitrogen and oxygen atoms in total. The van der Waals surface area contributed by atoms with Crippen molar-refractivity contribution < 1.29 is 18.0 Å². The molecular formula is C22H26N2O4S. The molecule has 2 aromatic carbocycles. The summed E-state index contributed by atoms with van der Waals surface area (Å²) in [6, 6.07) is 12.2. The Hall–Kier alpha value is -2.67. The van der Waals surface area contributed by atoms with Gasteiger partial charge in [-0.15, -0.1) is 0 Å². The summed E-state index contributed by atoms with van der Waals surface area (Å²) >= 11 is 0. The van der Waals surface area contributed by atoms with Crippen LogP contribution in [0.4, 0.5) is 11.4 Å². The molecule has 1 fully saturated rings. The minimum Gasteiger partial charge on any atom is -0.321 e. The first-order valence-corrected chi connectivity index (χ1v) is 11.3. The molecule has 1 aliphatic rings. The molecule has 0 saturated carbocycles. The number of para-hydroxylation sites is 1. The Labute approximate surface area is 172 Å². The second kappa shape index (κ2) is 7.99. The lowest BCUT2D eigenvalue weighted by Gasteiger charge is -2.20. The Morgan fingerprint density at radius 3 is 2.10 bits per heavy atom. The Balaban J connectivity index is 1.97. The van der Waals surface area contributed by atoms with Crippen molar-refractivity contribution in [3.8, 4) is 0 Å². The van der Waals surface area contributed by atoms with Crippen LogP contribution in [-0.4, -0.2) is 26.0 Å². The van der Waals surface area contributed by atoms with E-state index in [4.69, 9.17) is 0 Å². The molecule has 154 valence electrons. The quantitative estimate of drug-likeness (QED) is 0.793. The average molecular weight is 415 g/mol. The van der Waals surface area contributed by atoms with Gasteiger partial charge in [-0.3, -0.25) is 9.59 Å². The lowest BCUT2D eigenvalue weighted by molar-refractivity contribution is -0.116. The van der Waals surface area contributed by atoms with Crippen LogP contribution in [0, 0.1) is 0 Å². The number of sulfonamides is 1. The SMILES string of the molecule is CC(C)c1cccc(C(C)C)c1NC(=O)c1cccc(N2C(=O)CCS2(=O)=O)c1. The molecule has 7 heteroatoms. The topological polar surface area (TPSA) is 83.6 Å². The van der Waals surface area contributed by atoms with Crippen LogP contribution in [0.1, 0.15) is 67.4 Å². The number of rotatable bonds is 5. The second-order valence-electron chi connectivity index (χ2n) is 7.85. The fourth-order valence-corrected chi connectivity index (χ4v) is 4.97. The van der Waals surface area contributed by atoms with Gasteiger partial charge in [0.25, 0.3) is 5.91 Å². The summed E-state index contributed by atoms with van der Waals surface area (Å²) in [4.78, 5) is 25.1. The van der Waals surface area contributed by atoms with Crippen molar-refractivity contribution in [3.05, 3.63) is 59.2 Å². The van der Waals surface area contributed by atoms with Gasteiger partial charge in [-0.2, -0.15) is 0 Å². The number of amides is 2. The largest absolute Gasteiger partial charge is 0.321 e. The van der Waals surface area contributed by atoms with E-state index in [1.165, 1.54) is 12.1 Å². The van der Waals surface area contributed by atoms with Gasteiger partial charge in [-0.05, 0) is 41.2 Å². The maximum atomic E-state index is 13.0. The summed E-state index contributed by atoms with van der Waals surface area (Å²) in [6.07, 6.45) is -0.0434. The van der Waals surface area contributed by atoms with Gasteiger partial charge in [-0.1, -0.05) is 52.0 Å². The van der Waals surface area contributed by atoms with Crippen LogP contribution >= 0.6 is 0 Å². The van der Waals surface area contributed by atoms with E-state index in [1.807, 2.05) is 18.2 Å². The van der Waals surface area contributed by atoms with Crippen LogP contribution in [0.15, 0.2) is 42.5 Å². The standard InChI is InChI=1S/C22H26N2O4S/c1-14(2)18-9-6-10-19(15(3)4)21(18)23-22(26)16-7-5-8-17(13-16)24-20(25)11-12-29(24,27)28/h5-10,13-15H,11-12H2,1-4H3,(H,23,26). The van der Waals surface area contributed by atoms with E-state index in [-0.39, 0.29) is 35.6 Å². The average Bonchev–Trinajstić information content (AvgIpc) is 2.94. The molecule has 0 aromatic heterocycles. The first-order valence-electron chi connectivity index (χ1n) is 9.72. The van der Waals surface area contributed by atoms with Gasteiger partial charge < -0.3 is 5.32 Å². The molecule has 3 rings (SSSR count). The molecule has 1 heterocycles. The van der Waals surface area contributed by atoms with Crippen molar-refractivity contribution in [1.29, 1.82) is 0 Å². The number of carbonyl (C=O) groups is 2. The third-order valence-electron chi connectivity index (χ3n) is 5.03. The van der Waals surface area contributed by atoms with Crippen LogP contribution in [0.3, 0.4) is 0 Å². The van der Waals surface area contributed by atoms with Crippen LogP contribution < -0.4 is 9.62 Å². The number of nitrogens with one attached hydrogen (secondary N) is 1. The molecule has 2 aromatic rings. The van der Waals surface area contributed by atoms with E-state index < -0.39 is 15.9 Å². The smallest absolute Gasteiger partial charge is 0.255 e. The van der Waals surface area contributed by atoms with Crippen molar-refractivity contribution in [2.75, 3.05) is 15.4 Å². The van der Waals surface area contributed by atoms with Gasteiger partial charge in [-0.25, -0.2) is 12.7 Å². The number of hydrogen-bond acceptors (Lipinski definition) is 4. The van der Waals surface area contributed by atoms with Gasteiger partial charge in [0.15, 0.2) is 0 Å². The van der Waals surface area contributed by atoms with Gasteiger partial charge >= 0.3 is 0 Å². The number of anilines is 2. The summed E-state index contributed by atoms with van der Waals surface area (Å²) in [6.45, 7) is 8.28. The summed E-state index contributed by atoms with van der Waals surface area (Å²) in [7, 11) is -3.67. The van der Waals surface area contributed by atoms with Gasteiger partial charge in [0.05, 0.1) is 11.4 Å². The van der Waals surface area contributed by atoms with Crippen LogP contribution in [0.2, 0.25) is 0 Å². The lowest BCUT2D eigenvalue weighted by Crippen LogP contribution is -2.29. The highest BCUT2D eigenvalue weighted by Gasteiger charge is 2.36. The molecule has 0 atom stereocenters. The van der Waals surface area contributed by atoms with Crippen molar-refractivity contribution in [2.24, 2.45) is 0 Å². The monoisotopic (exact) mass is 414 g/mol. The Bertz CT molecular complexity index is 1030. The van der Waals surface area contributed by atoms with Crippen LogP contribution in [-0.2, 0) is 14.8 Å². The molecule has 1 N–H and O–H groups in total. The third-order valence-corrected chi connectivity index (χ3v) is 6.72. The fourth-order valence-electron chi connectivity index (χ4n) is 3.52. The van der Waals surface area contributed by atoms with E-state index in [2.05, 4.69) is 33.0 Å². The number of benzene rings is 2. The molecule has 2 amide bonds. The molecule has 0 bridgehead atoms. The number of hydrogen-bond donors (Lipinski definition) is 1. The molecule has 0 spiro atoms. The third kappa shape index (κ3) is 4.19. The van der Waals surface area contributed by atoms with E-state index in [0.717, 1.165) is 21.1 Å². The summed E-state index contributed by atoms with van der Waals surface area (Å²) in [5, 5.41) is 3.02. The number of nitrogens with zero attached hydrogens (tertiary/aromatic N) is 1. The Kier molecular flexibility index (Phi) is 5.80. The first-order chi connectivity index (χ1) is 13.6. The Morgan fingerprint density at radius 2 is 1.59 bits per heavy atom. The van der Waals surface area contributed by atoms with Crippen LogP contribution in [0.5, 0.6) is 0 Å². The van der Waals surface area contributed by atoms with Gasteiger partial charge in [0.2, 0.25) is 15.9 Å². The predicted molar refractivity (Wildman–Crippen MR) is 115 cm³/mol. The molecule has 0 radical (unpaired) electrons. The van der Waals surface area contributed by atoms with Crippen molar-refractivity contribution >= 4 is 33.2 Å².